The fourth-order valence-electron chi connectivity index (χ4n) is 2.30. The number of hydrazine groups is 1. The summed E-state index contributed by atoms with van der Waals surface area (Å²) < 4.78 is 1.77. The Bertz CT molecular complexity index is 619. The molecule has 0 saturated carbocycles. The molecule has 0 bridgehead atoms. The van der Waals surface area contributed by atoms with Gasteiger partial charge in [0.2, 0.25) is 0 Å². The van der Waals surface area contributed by atoms with Gasteiger partial charge in [-0.2, -0.15) is 5.10 Å². The van der Waals surface area contributed by atoms with Crippen LogP contribution in [0.2, 0.25) is 15.1 Å². The number of aryl methyl sites for hydroxylation is 2. The Morgan fingerprint density at radius 1 is 1.24 bits per heavy atom. The van der Waals surface area contributed by atoms with Crippen LogP contribution in [0.4, 0.5) is 0 Å². The third kappa shape index (κ3) is 3.71. The van der Waals surface area contributed by atoms with Crippen molar-refractivity contribution in [1.82, 2.24) is 15.2 Å². The zero-order chi connectivity index (χ0) is 15.6. The van der Waals surface area contributed by atoms with Crippen molar-refractivity contribution in [2.24, 2.45) is 12.9 Å². The maximum absolute atomic E-state index is 6.28. The van der Waals surface area contributed by atoms with Crippen molar-refractivity contribution in [3.8, 4) is 0 Å². The third-order valence-corrected chi connectivity index (χ3v) is 4.65. The molecule has 0 aliphatic carbocycles. The molecule has 2 aromatic rings. The van der Waals surface area contributed by atoms with Crippen LogP contribution in [0, 0.1) is 6.92 Å². The monoisotopic (exact) mass is 346 g/mol. The molecular weight excluding hydrogens is 331 g/mol. The highest BCUT2D eigenvalue weighted by atomic mass is 35.5. The number of nitrogens with one attached hydrogen (secondary N) is 1. The number of rotatable bonds is 5. The van der Waals surface area contributed by atoms with Gasteiger partial charge in [0.05, 0.1) is 16.4 Å². The van der Waals surface area contributed by atoms with Crippen molar-refractivity contribution in [3.05, 3.63) is 50.2 Å². The van der Waals surface area contributed by atoms with Crippen LogP contribution in [0.25, 0.3) is 0 Å². The molecule has 114 valence electrons. The zero-order valence-corrected chi connectivity index (χ0v) is 14.1. The van der Waals surface area contributed by atoms with Crippen molar-refractivity contribution >= 4 is 34.8 Å². The average Bonchev–Trinajstić information content (AvgIpc) is 2.67. The van der Waals surface area contributed by atoms with Gasteiger partial charge >= 0.3 is 0 Å². The molecule has 7 heteroatoms. The summed E-state index contributed by atoms with van der Waals surface area (Å²) in [7, 11) is 1.87. The minimum Gasteiger partial charge on any atom is -0.271 e. The predicted octanol–water partition coefficient (Wildman–Crippen LogP) is 3.31. The highest BCUT2D eigenvalue weighted by molar-refractivity contribution is 6.36. The lowest BCUT2D eigenvalue weighted by molar-refractivity contribution is 0.505. The molecule has 0 aliphatic heterocycles. The van der Waals surface area contributed by atoms with E-state index in [0.717, 1.165) is 17.0 Å². The summed E-state index contributed by atoms with van der Waals surface area (Å²) in [5, 5.41) is 6.24. The van der Waals surface area contributed by atoms with E-state index < -0.39 is 0 Å². The second-order valence-corrected chi connectivity index (χ2v) is 6.13. The predicted molar refractivity (Wildman–Crippen MR) is 87.9 cm³/mol. The van der Waals surface area contributed by atoms with Crippen LogP contribution in [0.5, 0.6) is 0 Å². The molecule has 0 spiro atoms. The Kier molecular flexibility index (Phi) is 5.52. The lowest BCUT2D eigenvalue weighted by Crippen LogP contribution is -2.39. The Balaban J connectivity index is 2.21. The van der Waals surface area contributed by atoms with E-state index in [1.807, 2.05) is 32.2 Å². The summed E-state index contributed by atoms with van der Waals surface area (Å²) in [6, 6.07) is 5.41. The minimum absolute atomic E-state index is 0.0466. The van der Waals surface area contributed by atoms with Crippen LogP contribution in [0.3, 0.4) is 0 Å². The Morgan fingerprint density at radius 3 is 2.33 bits per heavy atom. The number of nitrogens with zero attached hydrogens (tertiary/aromatic N) is 2. The van der Waals surface area contributed by atoms with Gasteiger partial charge in [-0.1, -0.05) is 40.9 Å². The summed E-state index contributed by atoms with van der Waals surface area (Å²) in [4.78, 5) is 0. The van der Waals surface area contributed by atoms with E-state index in [0.29, 0.717) is 27.9 Å². The molecule has 2 rings (SSSR count). The molecule has 3 N–H and O–H groups in total. The van der Waals surface area contributed by atoms with Gasteiger partial charge in [-0.15, -0.1) is 0 Å². The van der Waals surface area contributed by atoms with Gasteiger partial charge in [0.15, 0.2) is 0 Å². The van der Waals surface area contributed by atoms with Crippen molar-refractivity contribution in [1.29, 1.82) is 0 Å². The van der Waals surface area contributed by atoms with Crippen molar-refractivity contribution in [2.45, 2.75) is 25.8 Å². The topological polar surface area (TPSA) is 55.9 Å². The van der Waals surface area contributed by atoms with E-state index >= 15 is 0 Å². The second-order valence-electron chi connectivity index (χ2n) is 4.94. The quantitative estimate of drug-likeness (QED) is 0.644. The summed E-state index contributed by atoms with van der Waals surface area (Å²) in [6.45, 7) is 1.88. The van der Waals surface area contributed by atoms with E-state index in [2.05, 4.69) is 10.5 Å². The number of benzene rings is 1. The largest absolute Gasteiger partial charge is 0.271 e. The van der Waals surface area contributed by atoms with Crippen LogP contribution in [0.15, 0.2) is 18.2 Å². The van der Waals surface area contributed by atoms with Crippen LogP contribution in [0.1, 0.15) is 17.0 Å². The highest BCUT2D eigenvalue weighted by Crippen LogP contribution is 2.27. The number of halogens is 3. The van der Waals surface area contributed by atoms with Gasteiger partial charge in [0.1, 0.15) is 0 Å². The van der Waals surface area contributed by atoms with E-state index in [-0.39, 0.29) is 6.04 Å². The minimum atomic E-state index is -0.0466. The molecule has 1 aromatic carbocycles. The van der Waals surface area contributed by atoms with Crippen molar-refractivity contribution < 1.29 is 0 Å². The first-order valence-electron chi connectivity index (χ1n) is 6.51. The van der Waals surface area contributed by atoms with Gasteiger partial charge in [-0.05, 0) is 31.0 Å². The summed E-state index contributed by atoms with van der Waals surface area (Å²) >= 11 is 18.7. The molecule has 0 saturated heterocycles. The maximum atomic E-state index is 6.28. The molecule has 0 aliphatic rings. The normalized spacial score (nSPS) is 12.7. The number of hydrogen-bond donors (Lipinski definition) is 2. The maximum Gasteiger partial charge on any atom is 0.0847 e. The fraction of sp³-hybridized carbons (Fsp3) is 0.357. The van der Waals surface area contributed by atoms with Gasteiger partial charge in [0.25, 0.3) is 0 Å². The van der Waals surface area contributed by atoms with Crippen LogP contribution in [-0.2, 0) is 19.9 Å². The standard InChI is InChI=1S/C14H17Cl3N4/c1-8-14(17)13(21(2)20-8)7-9(19-18)6-10-11(15)4-3-5-12(10)16/h3-5,9,19H,6-7,18H2,1-2H3. The lowest BCUT2D eigenvalue weighted by Gasteiger charge is -2.18. The fourth-order valence-corrected chi connectivity index (χ4v) is 3.09. The molecular formula is C14H17Cl3N4. The molecule has 1 atom stereocenters. The van der Waals surface area contributed by atoms with Crippen LogP contribution in [-0.4, -0.2) is 15.8 Å². The molecule has 0 fully saturated rings. The summed E-state index contributed by atoms with van der Waals surface area (Å²) in [6.07, 6.45) is 1.24. The third-order valence-electron chi connectivity index (χ3n) is 3.45. The number of nitrogens with two attached hydrogens (primary N) is 1. The Labute approximate surface area is 139 Å². The SMILES string of the molecule is Cc1nn(C)c(CC(Cc2c(Cl)cccc2Cl)NN)c1Cl. The molecule has 0 radical (unpaired) electrons. The Hall–Kier alpha value is -0.780. The average molecular weight is 348 g/mol. The summed E-state index contributed by atoms with van der Waals surface area (Å²) in [5.41, 5.74) is 5.41. The van der Waals surface area contributed by atoms with Crippen molar-refractivity contribution in [2.75, 3.05) is 0 Å². The number of aromatic nitrogens is 2. The first kappa shape index (κ1) is 16.6. The van der Waals surface area contributed by atoms with Gasteiger partial charge in [-0.3, -0.25) is 16.0 Å². The molecule has 21 heavy (non-hydrogen) atoms. The van der Waals surface area contributed by atoms with Gasteiger partial charge < -0.3 is 0 Å². The molecule has 1 heterocycles. The van der Waals surface area contributed by atoms with Crippen molar-refractivity contribution in [3.63, 3.8) is 0 Å². The first-order valence-corrected chi connectivity index (χ1v) is 7.64. The number of hydrogen-bond acceptors (Lipinski definition) is 3. The molecule has 4 nitrogen and oxygen atoms in total. The highest BCUT2D eigenvalue weighted by Gasteiger charge is 2.18. The first-order chi connectivity index (χ1) is 9.93. The van der Waals surface area contributed by atoms with E-state index in [4.69, 9.17) is 40.6 Å². The van der Waals surface area contributed by atoms with Crippen LogP contribution < -0.4 is 11.3 Å². The smallest absolute Gasteiger partial charge is 0.0847 e. The molecule has 0 amide bonds. The van der Waals surface area contributed by atoms with E-state index in [1.54, 1.807) is 4.68 Å². The zero-order valence-electron chi connectivity index (χ0n) is 11.8. The lowest BCUT2D eigenvalue weighted by atomic mass is 10.0. The van der Waals surface area contributed by atoms with Gasteiger partial charge in [0, 0.05) is 29.6 Å². The van der Waals surface area contributed by atoms with E-state index in [9.17, 15) is 0 Å². The molecule has 1 aromatic heterocycles. The summed E-state index contributed by atoms with van der Waals surface area (Å²) in [5.74, 6) is 5.67. The Morgan fingerprint density at radius 2 is 1.86 bits per heavy atom. The van der Waals surface area contributed by atoms with E-state index in [1.165, 1.54) is 0 Å². The molecule has 1 unspecified atom stereocenters. The van der Waals surface area contributed by atoms with Crippen LogP contribution >= 0.6 is 34.8 Å². The van der Waals surface area contributed by atoms with Gasteiger partial charge in [-0.25, -0.2) is 0 Å². The second kappa shape index (κ2) is 6.99.